The van der Waals surface area contributed by atoms with Crippen LogP contribution in [0.25, 0.3) is 22.2 Å². The third-order valence-corrected chi connectivity index (χ3v) is 8.93. The van der Waals surface area contributed by atoms with Crippen LogP contribution >= 0.6 is 0 Å². The van der Waals surface area contributed by atoms with E-state index < -0.39 is 18.3 Å². The fourth-order valence-electron chi connectivity index (χ4n) is 6.18. The lowest BCUT2D eigenvalue weighted by Gasteiger charge is -2.32. The number of piperidine rings is 1. The van der Waals surface area contributed by atoms with Gasteiger partial charge in [-0.05, 0) is 68.2 Å². The van der Waals surface area contributed by atoms with Crippen molar-refractivity contribution in [3.63, 3.8) is 0 Å². The minimum Gasteiger partial charge on any atom is -0.478 e. The molecular formula is C34H33F3N6O4. The second-order valence-corrected chi connectivity index (χ2v) is 12.0. The number of halogens is 3. The standard InChI is InChI=1S/C34H33F3N6O4/c35-27-14-22(25-16-38-43(17-25)34(36)37)4-5-24(27)20-47-32-3-1-2-28(40-32)21-8-11-41(12-9-21)19-31-39-29-7-6-23(33(44)45)15-30(29)42(31)18-26-10-13-46-26/h1-7,14-17,21,26,34H,8-13,18-20H2,(H,44,45)/t26-/m0/s1. The molecule has 13 heteroatoms. The highest BCUT2D eigenvalue weighted by Crippen LogP contribution is 2.30. The fourth-order valence-corrected chi connectivity index (χ4v) is 6.18. The van der Waals surface area contributed by atoms with Crippen molar-refractivity contribution in [1.29, 1.82) is 0 Å². The molecule has 3 aromatic heterocycles. The maximum Gasteiger partial charge on any atom is 0.335 e. The molecule has 2 aliphatic rings. The first kappa shape index (κ1) is 30.9. The molecule has 7 rings (SSSR count). The summed E-state index contributed by atoms with van der Waals surface area (Å²) in [4.78, 5) is 23.6. The highest BCUT2D eigenvalue weighted by Gasteiger charge is 2.26. The van der Waals surface area contributed by atoms with E-state index in [2.05, 4.69) is 14.6 Å². The molecule has 1 atom stereocenters. The normalized spacial score (nSPS) is 17.3. The number of benzene rings is 2. The fraction of sp³-hybridized carbons (Fsp3) is 0.353. The smallest absolute Gasteiger partial charge is 0.335 e. The Morgan fingerprint density at radius 2 is 1.87 bits per heavy atom. The van der Waals surface area contributed by atoms with Crippen LogP contribution in [0.3, 0.4) is 0 Å². The van der Waals surface area contributed by atoms with E-state index in [-0.39, 0.29) is 24.2 Å². The van der Waals surface area contributed by atoms with Crippen molar-refractivity contribution in [2.24, 2.45) is 0 Å². The van der Waals surface area contributed by atoms with Crippen LogP contribution in [0.4, 0.5) is 13.2 Å². The zero-order chi connectivity index (χ0) is 32.5. The summed E-state index contributed by atoms with van der Waals surface area (Å²) >= 11 is 0. The summed E-state index contributed by atoms with van der Waals surface area (Å²) in [5.41, 5.74) is 3.91. The number of rotatable bonds is 11. The van der Waals surface area contributed by atoms with Gasteiger partial charge < -0.3 is 19.1 Å². The van der Waals surface area contributed by atoms with E-state index in [0.29, 0.717) is 40.3 Å². The van der Waals surface area contributed by atoms with Gasteiger partial charge >= 0.3 is 12.5 Å². The Morgan fingerprint density at radius 1 is 1.04 bits per heavy atom. The number of likely N-dealkylation sites (tertiary alicyclic amines) is 1. The van der Waals surface area contributed by atoms with Crippen molar-refractivity contribution in [3.8, 4) is 17.0 Å². The molecule has 2 fully saturated rings. The Bertz CT molecular complexity index is 1900. The Morgan fingerprint density at radius 3 is 2.57 bits per heavy atom. The molecule has 0 amide bonds. The van der Waals surface area contributed by atoms with Crippen molar-refractivity contribution < 1.29 is 32.5 Å². The molecule has 0 spiro atoms. The lowest BCUT2D eigenvalue weighted by atomic mass is 9.93. The molecule has 2 aliphatic heterocycles. The van der Waals surface area contributed by atoms with Crippen LogP contribution in [-0.2, 0) is 24.4 Å². The molecule has 2 aromatic carbocycles. The van der Waals surface area contributed by atoms with Gasteiger partial charge in [-0.25, -0.2) is 23.8 Å². The Balaban J connectivity index is 0.972. The van der Waals surface area contributed by atoms with E-state index in [1.54, 1.807) is 36.4 Å². The van der Waals surface area contributed by atoms with Gasteiger partial charge in [0.05, 0.1) is 42.0 Å². The van der Waals surface area contributed by atoms with Gasteiger partial charge in [0.15, 0.2) is 0 Å². The van der Waals surface area contributed by atoms with Gasteiger partial charge in [-0.15, -0.1) is 0 Å². The predicted molar refractivity (Wildman–Crippen MR) is 166 cm³/mol. The van der Waals surface area contributed by atoms with Crippen molar-refractivity contribution in [1.82, 2.24) is 29.2 Å². The number of imidazole rings is 1. The number of carboxylic acids is 1. The number of aromatic carboxylic acids is 1. The number of carbonyl (C=O) groups is 1. The largest absolute Gasteiger partial charge is 0.478 e. The van der Waals surface area contributed by atoms with Gasteiger partial charge in [-0.2, -0.15) is 13.9 Å². The third kappa shape index (κ3) is 6.72. The van der Waals surface area contributed by atoms with Crippen molar-refractivity contribution in [2.75, 3.05) is 19.7 Å². The first-order valence-electron chi connectivity index (χ1n) is 15.6. The molecule has 0 bridgehead atoms. The van der Waals surface area contributed by atoms with Gasteiger partial charge in [0.2, 0.25) is 5.88 Å². The zero-order valence-corrected chi connectivity index (χ0v) is 25.4. The van der Waals surface area contributed by atoms with Crippen LogP contribution in [0.5, 0.6) is 5.88 Å². The second-order valence-electron chi connectivity index (χ2n) is 12.0. The Labute approximate surface area is 268 Å². The molecule has 47 heavy (non-hydrogen) atoms. The average Bonchev–Trinajstić information content (AvgIpc) is 3.68. The minimum atomic E-state index is -2.76. The summed E-state index contributed by atoms with van der Waals surface area (Å²) in [5.74, 6) is 0.0631. The van der Waals surface area contributed by atoms with E-state index in [0.717, 1.165) is 61.5 Å². The Hall–Kier alpha value is -4.75. The molecule has 5 heterocycles. The zero-order valence-electron chi connectivity index (χ0n) is 25.4. The lowest BCUT2D eigenvalue weighted by molar-refractivity contribution is -0.0592. The van der Waals surface area contributed by atoms with Crippen molar-refractivity contribution in [3.05, 3.63) is 95.5 Å². The number of nitrogens with zero attached hydrogens (tertiary/aromatic N) is 6. The highest BCUT2D eigenvalue weighted by atomic mass is 19.3. The second kappa shape index (κ2) is 13.2. The van der Waals surface area contributed by atoms with Gasteiger partial charge in [0.25, 0.3) is 0 Å². The summed E-state index contributed by atoms with van der Waals surface area (Å²) in [5, 5.41) is 13.1. The third-order valence-electron chi connectivity index (χ3n) is 8.93. The number of carboxylic acid groups (broad SMARTS) is 1. The van der Waals surface area contributed by atoms with Gasteiger partial charge in [0.1, 0.15) is 18.2 Å². The monoisotopic (exact) mass is 646 g/mol. The first-order valence-corrected chi connectivity index (χ1v) is 15.6. The molecule has 10 nitrogen and oxygen atoms in total. The molecule has 5 aromatic rings. The lowest BCUT2D eigenvalue weighted by Crippen LogP contribution is -2.35. The number of ether oxygens (including phenoxy) is 2. The number of aromatic nitrogens is 5. The maximum atomic E-state index is 14.9. The molecule has 0 aliphatic carbocycles. The molecule has 0 unspecified atom stereocenters. The number of pyridine rings is 1. The molecule has 0 saturated carbocycles. The number of fused-ring (bicyclic) bond motifs is 1. The number of hydrogen-bond donors (Lipinski definition) is 1. The van der Waals surface area contributed by atoms with Crippen LogP contribution in [0.1, 0.15) is 59.2 Å². The number of hydrogen-bond acceptors (Lipinski definition) is 7. The molecule has 244 valence electrons. The summed E-state index contributed by atoms with van der Waals surface area (Å²) in [6.07, 6.45) is 5.31. The Kier molecular flexibility index (Phi) is 8.65. The van der Waals surface area contributed by atoms with Crippen molar-refractivity contribution in [2.45, 2.75) is 57.5 Å². The van der Waals surface area contributed by atoms with E-state index >= 15 is 0 Å². The minimum absolute atomic E-state index is 0.0296. The van der Waals surface area contributed by atoms with Crippen LogP contribution in [0.2, 0.25) is 0 Å². The molecule has 0 radical (unpaired) electrons. The number of alkyl halides is 2. The van der Waals surface area contributed by atoms with E-state index in [9.17, 15) is 23.1 Å². The SMILES string of the molecule is O=C(O)c1ccc2nc(CN3CCC(c4cccc(OCc5ccc(-c6cnn(C(F)F)c6)cc5F)n4)CC3)n(C[C@@H]3CCO3)c2c1. The predicted octanol–water partition coefficient (Wildman–Crippen LogP) is 6.27. The topological polar surface area (TPSA) is 108 Å². The van der Waals surface area contributed by atoms with Gasteiger partial charge in [-0.1, -0.05) is 18.2 Å². The first-order chi connectivity index (χ1) is 22.8. The maximum absolute atomic E-state index is 14.9. The van der Waals surface area contributed by atoms with E-state index in [1.807, 2.05) is 12.1 Å². The van der Waals surface area contributed by atoms with E-state index in [1.165, 1.54) is 18.5 Å². The quantitative estimate of drug-likeness (QED) is 0.179. The highest BCUT2D eigenvalue weighted by molar-refractivity contribution is 5.92. The summed E-state index contributed by atoms with van der Waals surface area (Å²) in [6, 6.07) is 15.2. The van der Waals surface area contributed by atoms with Crippen LogP contribution in [0, 0.1) is 5.82 Å². The van der Waals surface area contributed by atoms with E-state index in [4.69, 9.17) is 19.4 Å². The molecule has 2 saturated heterocycles. The summed E-state index contributed by atoms with van der Waals surface area (Å²) < 4.78 is 54.7. The van der Waals surface area contributed by atoms with Crippen LogP contribution in [0.15, 0.2) is 67.0 Å². The molecular weight excluding hydrogens is 613 g/mol. The van der Waals surface area contributed by atoms with Crippen LogP contribution < -0.4 is 4.74 Å². The molecule has 1 N–H and O–H groups in total. The van der Waals surface area contributed by atoms with Crippen molar-refractivity contribution >= 4 is 17.0 Å². The van der Waals surface area contributed by atoms with Crippen LogP contribution in [-0.4, -0.2) is 66.1 Å². The summed E-state index contributed by atoms with van der Waals surface area (Å²) in [6.45, 7) is 0.922. The van der Waals surface area contributed by atoms with Gasteiger partial charge in [0, 0.05) is 41.6 Å². The van der Waals surface area contributed by atoms with Gasteiger partial charge in [-0.3, -0.25) is 4.90 Å². The average molecular weight is 647 g/mol. The summed E-state index contributed by atoms with van der Waals surface area (Å²) in [7, 11) is 0.